The second-order valence-corrected chi connectivity index (χ2v) is 3.45. The maximum absolute atomic E-state index is 14.0. The summed E-state index contributed by atoms with van der Waals surface area (Å²) in [5.74, 6) is 0.375. The molecule has 14 heavy (non-hydrogen) atoms. The zero-order valence-electron chi connectivity index (χ0n) is 7.71. The van der Waals surface area contributed by atoms with Crippen LogP contribution in [0.3, 0.4) is 0 Å². The second kappa shape index (κ2) is 4.97. The summed E-state index contributed by atoms with van der Waals surface area (Å²) in [6, 6.07) is 10.2. The number of benzene rings is 1. The van der Waals surface area contributed by atoms with Gasteiger partial charge in [0.1, 0.15) is 6.07 Å². The van der Waals surface area contributed by atoms with Gasteiger partial charge in [0.25, 0.3) is 0 Å². The van der Waals surface area contributed by atoms with Gasteiger partial charge in [-0.2, -0.15) is 5.26 Å². The number of nitrogens with zero attached hydrogens (tertiary/aromatic N) is 1. The minimum absolute atomic E-state index is 0.150. The van der Waals surface area contributed by atoms with Crippen molar-refractivity contribution >= 4 is 11.6 Å². The molecule has 0 aliphatic rings. The number of alkyl halides is 2. The first-order valence-corrected chi connectivity index (χ1v) is 4.98. The summed E-state index contributed by atoms with van der Waals surface area (Å²) in [7, 11) is 0. The standard InChI is InChI=1S/C11H11ClFN/c12-8-4-7-11(13,9-14)10-5-2-1-3-6-10/h1-3,5-6H,4,7-8H2. The lowest BCUT2D eigenvalue weighted by molar-refractivity contribution is 0.225. The molecule has 0 spiro atoms. The molecule has 0 saturated carbocycles. The molecule has 0 saturated heterocycles. The van der Waals surface area contributed by atoms with E-state index in [1.807, 2.05) is 0 Å². The topological polar surface area (TPSA) is 23.8 Å². The molecule has 1 aromatic carbocycles. The second-order valence-electron chi connectivity index (χ2n) is 3.07. The smallest absolute Gasteiger partial charge is 0.221 e. The summed E-state index contributed by atoms with van der Waals surface area (Å²) in [5.41, 5.74) is -1.48. The van der Waals surface area contributed by atoms with Gasteiger partial charge in [-0.1, -0.05) is 30.3 Å². The van der Waals surface area contributed by atoms with Crippen LogP contribution in [0.4, 0.5) is 4.39 Å². The normalized spacial score (nSPS) is 14.4. The van der Waals surface area contributed by atoms with Crippen molar-refractivity contribution in [2.45, 2.75) is 18.5 Å². The lowest BCUT2D eigenvalue weighted by Gasteiger charge is -2.16. The number of hydrogen-bond donors (Lipinski definition) is 0. The van der Waals surface area contributed by atoms with Crippen LogP contribution in [-0.4, -0.2) is 5.88 Å². The highest BCUT2D eigenvalue weighted by molar-refractivity contribution is 6.17. The van der Waals surface area contributed by atoms with Gasteiger partial charge in [-0.25, -0.2) is 4.39 Å². The third kappa shape index (κ3) is 2.46. The molecular weight excluding hydrogens is 201 g/mol. The van der Waals surface area contributed by atoms with Gasteiger partial charge in [0, 0.05) is 17.9 Å². The minimum atomic E-state index is -1.89. The summed E-state index contributed by atoms with van der Waals surface area (Å²) in [6.45, 7) is 0. The van der Waals surface area contributed by atoms with E-state index in [4.69, 9.17) is 16.9 Å². The van der Waals surface area contributed by atoms with Crippen molar-refractivity contribution < 1.29 is 4.39 Å². The SMILES string of the molecule is N#CC(F)(CCCCl)c1ccccc1. The van der Waals surface area contributed by atoms with Crippen molar-refractivity contribution in [3.8, 4) is 6.07 Å². The van der Waals surface area contributed by atoms with Crippen LogP contribution in [0.15, 0.2) is 30.3 Å². The Balaban J connectivity index is 2.86. The number of hydrogen-bond acceptors (Lipinski definition) is 1. The van der Waals surface area contributed by atoms with Crippen molar-refractivity contribution in [3.05, 3.63) is 35.9 Å². The lowest BCUT2D eigenvalue weighted by Crippen LogP contribution is -2.17. The van der Waals surface area contributed by atoms with Crippen molar-refractivity contribution in [2.24, 2.45) is 0 Å². The molecule has 0 heterocycles. The van der Waals surface area contributed by atoms with E-state index in [1.54, 1.807) is 36.4 Å². The maximum atomic E-state index is 14.0. The van der Waals surface area contributed by atoms with Crippen LogP contribution in [0.1, 0.15) is 18.4 Å². The lowest BCUT2D eigenvalue weighted by atomic mass is 9.93. The Labute approximate surface area is 88.1 Å². The molecule has 74 valence electrons. The average molecular weight is 212 g/mol. The molecule has 0 aromatic heterocycles. The highest BCUT2D eigenvalue weighted by Gasteiger charge is 2.30. The van der Waals surface area contributed by atoms with Gasteiger partial charge in [-0.05, 0) is 6.42 Å². The first-order chi connectivity index (χ1) is 6.73. The monoisotopic (exact) mass is 211 g/mol. The molecule has 0 aliphatic heterocycles. The Kier molecular flexibility index (Phi) is 3.91. The summed E-state index contributed by atoms with van der Waals surface area (Å²) in [4.78, 5) is 0. The molecule has 0 bridgehead atoms. The van der Waals surface area contributed by atoms with E-state index in [9.17, 15) is 4.39 Å². The first-order valence-electron chi connectivity index (χ1n) is 4.44. The third-order valence-corrected chi connectivity index (χ3v) is 2.33. The largest absolute Gasteiger partial charge is 0.222 e. The van der Waals surface area contributed by atoms with Crippen LogP contribution in [0.5, 0.6) is 0 Å². The molecule has 0 aliphatic carbocycles. The minimum Gasteiger partial charge on any atom is -0.222 e. The molecule has 1 atom stereocenters. The van der Waals surface area contributed by atoms with E-state index >= 15 is 0 Å². The van der Waals surface area contributed by atoms with Gasteiger partial charge in [0.2, 0.25) is 5.67 Å². The first kappa shape index (κ1) is 11.0. The van der Waals surface area contributed by atoms with Crippen LogP contribution < -0.4 is 0 Å². The summed E-state index contributed by atoms with van der Waals surface area (Å²) < 4.78 is 14.0. The molecule has 1 unspecified atom stereocenters. The molecule has 0 radical (unpaired) electrons. The van der Waals surface area contributed by atoms with E-state index in [1.165, 1.54) is 0 Å². The van der Waals surface area contributed by atoms with Gasteiger partial charge in [0.05, 0.1) is 0 Å². The van der Waals surface area contributed by atoms with E-state index in [2.05, 4.69) is 0 Å². The van der Waals surface area contributed by atoms with Crippen LogP contribution >= 0.6 is 11.6 Å². The van der Waals surface area contributed by atoms with E-state index in [-0.39, 0.29) is 6.42 Å². The predicted octanol–water partition coefficient (Wildman–Crippen LogP) is 3.39. The van der Waals surface area contributed by atoms with E-state index in [0.29, 0.717) is 17.9 Å². The summed E-state index contributed by atoms with van der Waals surface area (Å²) in [6.07, 6.45) is 0.650. The zero-order chi connectivity index (χ0) is 10.4. The predicted molar refractivity (Wildman–Crippen MR) is 54.8 cm³/mol. The Morgan fingerprint density at radius 2 is 2.00 bits per heavy atom. The van der Waals surface area contributed by atoms with Crippen LogP contribution in [0.25, 0.3) is 0 Å². The third-order valence-electron chi connectivity index (χ3n) is 2.06. The Hall–Kier alpha value is -1.07. The molecule has 1 nitrogen and oxygen atoms in total. The van der Waals surface area contributed by atoms with Crippen LogP contribution in [0, 0.1) is 11.3 Å². The van der Waals surface area contributed by atoms with Crippen molar-refractivity contribution in [2.75, 3.05) is 5.88 Å². The zero-order valence-corrected chi connectivity index (χ0v) is 8.47. The van der Waals surface area contributed by atoms with Crippen molar-refractivity contribution in [1.29, 1.82) is 5.26 Å². The fourth-order valence-electron chi connectivity index (χ4n) is 1.28. The fraction of sp³-hybridized carbons (Fsp3) is 0.364. The Morgan fingerprint density at radius 1 is 1.36 bits per heavy atom. The van der Waals surface area contributed by atoms with Crippen molar-refractivity contribution in [1.82, 2.24) is 0 Å². The number of rotatable bonds is 4. The molecule has 3 heteroatoms. The molecule has 0 N–H and O–H groups in total. The molecule has 1 aromatic rings. The van der Waals surface area contributed by atoms with Gasteiger partial charge >= 0.3 is 0 Å². The molecule has 0 fully saturated rings. The van der Waals surface area contributed by atoms with E-state index < -0.39 is 5.67 Å². The van der Waals surface area contributed by atoms with Crippen LogP contribution in [-0.2, 0) is 5.67 Å². The van der Waals surface area contributed by atoms with Gasteiger partial charge in [0.15, 0.2) is 0 Å². The van der Waals surface area contributed by atoms with E-state index in [0.717, 1.165) is 0 Å². The molecule has 1 rings (SSSR count). The van der Waals surface area contributed by atoms with Gasteiger partial charge in [-0.3, -0.25) is 0 Å². The quantitative estimate of drug-likeness (QED) is 0.701. The summed E-state index contributed by atoms with van der Waals surface area (Å²) >= 11 is 5.48. The maximum Gasteiger partial charge on any atom is 0.221 e. The highest BCUT2D eigenvalue weighted by atomic mass is 35.5. The van der Waals surface area contributed by atoms with Crippen LogP contribution in [0.2, 0.25) is 0 Å². The summed E-state index contributed by atoms with van der Waals surface area (Å²) in [5, 5.41) is 8.80. The molecule has 0 amide bonds. The fourth-order valence-corrected chi connectivity index (χ4v) is 1.41. The number of nitriles is 1. The Bertz CT molecular complexity index is 320. The van der Waals surface area contributed by atoms with Gasteiger partial charge in [-0.15, -0.1) is 11.6 Å². The molecular formula is C11H11ClFN. The average Bonchev–Trinajstić information content (AvgIpc) is 2.27. The van der Waals surface area contributed by atoms with Crippen molar-refractivity contribution in [3.63, 3.8) is 0 Å². The Morgan fingerprint density at radius 3 is 2.50 bits per heavy atom. The number of halogens is 2. The highest BCUT2D eigenvalue weighted by Crippen LogP contribution is 2.30. The van der Waals surface area contributed by atoms with Gasteiger partial charge < -0.3 is 0 Å².